The maximum Gasteiger partial charge on any atom is 0.303 e. The number of ether oxygens (including phenoxy) is 3. The number of hydrogen-bond acceptors (Lipinski definition) is 9. The quantitative estimate of drug-likeness (QED) is 0.217. The summed E-state index contributed by atoms with van der Waals surface area (Å²) >= 11 is 0. The number of nitrogens with zero attached hydrogens (tertiary/aromatic N) is 1. The van der Waals surface area contributed by atoms with Gasteiger partial charge in [-0.05, 0) is 20.3 Å². The van der Waals surface area contributed by atoms with Crippen LogP contribution >= 0.6 is 0 Å². The predicted octanol–water partition coefficient (Wildman–Crippen LogP) is 1.35. The van der Waals surface area contributed by atoms with Gasteiger partial charge in [0.2, 0.25) is 0 Å². The number of rotatable bonds is 9. The zero-order valence-electron chi connectivity index (χ0n) is 16.7. The van der Waals surface area contributed by atoms with E-state index < -0.39 is 24.1 Å². The van der Waals surface area contributed by atoms with Gasteiger partial charge < -0.3 is 19.0 Å². The van der Waals surface area contributed by atoms with Crippen LogP contribution in [0.25, 0.3) is 0 Å². The van der Waals surface area contributed by atoms with Crippen molar-refractivity contribution in [3.8, 4) is 0 Å². The van der Waals surface area contributed by atoms with E-state index in [-0.39, 0.29) is 43.8 Å². The second-order valence-corrected chi connectivity index (χ2v) is 5.37. The zero-order chi connectivity index (χ0) is 19.9. The molecular weight excluding hydrogens is 584 g/mol. The molecule has 3 unspecified atom stereocenters. The second kappa shape index (κ2) is 17.6. The number of carbonyl (C=O) groups excluding carboxylic acids is 3. The molecule has 1 rings (SSSR count). The topological polar surface area (TPSA) is 101 Å². The Morgan fingerprint density at radius 2 is 1.56 bits per heavy atom. The molecule has 9 nitrogen and oxygen atoms in total. The van der Waals surface area contributed by atoms with Crippen molar-refractivity contribution < 1.29 is 69.4 Å². The van der Waals surface area contributed by atoms with Crippen LogP contribution in [-0.2, 0) is 38.3 Å². The molecule has 0 bridgehead atoms. The van der Waals surface area contributed by atoms with Crippen molar-refractivity contribution in [3.63, 3.8) is 0 Å². The van der Waals surface area contributed by atoms with Gasteiger partial charge in [-0.15, -0.1) is 0 Å². The molecule has 156 valence electrons. The third kappa shape index (κ3) is 14.2. The summed E-state index contributed by atoms with van der Waals surface area (Å²) in [7, 11) is 0. The van der Waals surface area contributed by atoms with E-state index in [4.69, 9.17) is 28.7 Å². The maximum atomic E-state index is 11.2. The summed E-state index contributed by atoms with van der Waals surface area (Å²) < 4.78 is 16.1. The second-order valence-electron chi connectivity index (χ2n) is 5.37. The fraction of sp³-hybridized carbons (Fsp3) is 0.824. The van der Waals surface area contributed by atoms with Gasteiger partial charge in [-0.3, -0.25) is 25.6 Å². The molecule has 0 aromatic rings. The van der Waals surface area contributed by atoms with Crippen molar-refractivity contribution in [2.75, 3.05) is 26.4 Å². The van der Waals surface area contributed by atoms with Crippen molar-refractivity contribution in [3.05, 3.63) is 0 Å². The van der Waals surface area contributed by atoms with E-state index in [1.54, 1.807) is 0 Å². The molecule has 10 heteroatoms. The minimum Gasteiger partial charge on any atom is -0.542 e. The Bertz CT molecular complexity index is 418. The smallest absolute Gasteiger partial charge is 0.303 e. The van der Waals surface area contributed by atoms with Crippen molar-refractivity contribution in [1.82, 2.24) is 5.23 Å². The van der Waals surface area contributed by atoms with Crippen LogP contribution in [0.15, 0.2) is 0 Å². The molecule has 0 spiro atoms. The summed E-state index contributed by atoms with van der Waals surface area (Å²) in [5, 5.41) is 1.43. The summed E-state index contributed by atoms with van der Waals surface area (Å²) in [5.41, 5.74) is 0. The van der Waals surface area contributed by atoms with Gasteiger partial charge in [0.15, 0.2) is 6.10 Å². The number of hydroxylamine groups is 2. The van der Waals surface area contributed by atoms with Crippen molar-refractivity contribution >= 4 is 18.2 Å². The molecule has 0 N–H and O–H groups in total. The summed E-state index contributed by atoms with van der Waals surface area (Å²) in [6.07, 6.45) is 1.41. The Hall–Kier alpha value is -0.498. The number of esters is 2. The SMILES string of the molecule is CCON(CCC1CC(OC(C)=O)C(OC(C)=O)CO1)OCC.C[C-]=O.[U]. The standard InChI is InChI=1S/C15H27NO7.C2H3O.U/c1-5-20-16(21-6-2)8-7-13-9-14(22-11(3)17)15(10-19-13)23-12(4)18;1-2-3;/h13-15H,5-10H2,1-4H3;1H3;/q;-1;. The fourth-order valence-corrected chi connectivity index (χ4v) is 2.38. The van der Waals surface area contributed by atoms with Crippen molar-refractivity contribution in [1.29, 1.82) is 0 Å². The van der Waals surface area contributed by atoms with Crippen LogP contribution in [0.5, 0.6) is 0 Å². The van der Waals surface area contributed by atoms with Crippen LogP contribution in [-0.4, -0.2) is 68.1 Å². The van der Waals surface area contributed by atoms with E-state index in [0.29, 0.717) is 32.6 Å². The third-order valence-corrected chi connectivity index (χ3v) is 3.22. The molecule has 1 aliphatic rings. The van der Waals surface area contributed by atoms with E-state index in [2.05, 4.69) is 0 Å². The Kier molecular flexibility index (Phi) is 18.7. The van der Waals surface area contributed by atoms with Crippen molar-refractivity contribution in [2.45, 2.75) is 65.8 Å². The van der Waals surface area contributed by atoms with Gasteiger partial charge >= 0.3 is 11.9 Å². The maximum absolute atomic E-state index is 11.2. The van der Waals surface area contributed by atoms with Gasteiger partial charge in [0.1, 0.15) is 6.10 Å². The summed E-state index contributed by atoms with van der Waals surface area (Å²) in [4.78, 5) is 41.7. The summed E-state index contributed by atoms with van der Waals surface area (Å²) in [5.74, 6) is -0.828. The first-order valence-corrected chi connectivity index (χ1v) is 8.66. The minimum absolute atomic E-state index is 0. The Morgan fingerprint density at radius 3 is 2.00 bits per heavy atom. The largest absolute Gasteiger partial charge is 0.542 e. The zero-order valence-corrected chi connectivity index (χ0v) is 20.9. The normalized spacial score (nSPS) is 21.3. The van der Waals surface area contributed by atoms with E-state index in [0.717, 1.165) is 0 Å². The van der Waals surface area contributed by atoms with Gasteiger partial charge in [-0.25, -0.2) is 0 Å². The molecule has 0 radical (unpaired) electrons. The molecule has 1 fully saturated rings. The Morgan fingerprint density at radius 1 is 1.07 bits per heavy atom. The van der Waals surface area contributed by atoms with Gasteiger partial charge in [-0.1, -0.05) is 5.23 Å². The number of hydrogen-bond donors (Lipinski definition) is 0. The molecule has 27 heavy (non-hydrogen) atoms. The van der Waals surface area contributed by atoms with Crippen LogP contribution in [0, 0.1) is 31.1 Å². The van der Waals surface area contributed by atoms with Crippen LogP contribution < -0.4 is 0 Å². The first-order valence-electron chi connectivity index (χ1n) is 8.66. The van der Waals surface area contributed by atoms with Crippen molar-refractivity contribution in [2.24, 2.45) is 0 Å². The molecule has 1 saturated heterocycles. The van der Waals surface area contributed by atoms with Crippen LogP contribution in [0.4, 0.5) is 0 Å². The van der Waals surface area contributed by atoms with Gasteiger partial charge in [0.25, 0.3) is 0 Å². The molecule has 1 heterocycles. The predicted molar refractivity (Wildman–Crippen MR) is 91.4 cm³/mol. The fourth-order valence-electron chi connectivity index (χ4n) is 2.38. The monoisotopic (exact) mass is 614 g/mol. The minimum atomic E-state index is -0.567. The molecule has 1 aliphatic heterocycles. The molecule has 0 aromatic heterocycles. The van der Waals surface area contributed by atoms with Crippen LogP contribution in [0.1, 0.15) is 47.5 Å². The van der Waals surface area contributed by atoms with Gasteiger partial charge in [0, 0.05) is 51.4 Å². The molecule has 3 atom stereocenters. The Balaban J connectivity index is 0. The number of carbonyl (C=O) groups is 2. The third-order valence-electron chi connectivity index (χ3n) is 3.22. The first-order chi connectivity index (χ1) is 12.4. The summed E-state index contributed by atoms with van der Waals surface area (Å²) in [6.45, 7) is 9.47. The molecule has 0 aromatic carbocycles. The molecular formula is C17H30NO8U-. The summed E-state index contributed by atoms with van der Waals surface area (Å²) in [6, 6.07) is 0. The van der Waals surface area contributed by atoms with Gasteiger partial charge in [-0.2, -0.15) is 6.92 Å². The first kappa shape index (κ1) is 28.7. The average Bonchev–Trinajstić information content (AvgIpc) is 2.55. The van der Waals surface area contributed by atoms with E-state index in [9.17, 15) is 9.59 Å². The van der Waals surface area contributed by atoms with E-state index in [1.807, 2.05) is 13.8 Å². The Labute approximate surface area is 184 Å². The molecule has 0 aliphatic carbocycles. The molecule has 0 amide bonds. The average molecular weight is 614 g/mol. The van der Waals surface area contributed by atoms with E-state index in [1.165, 1.54) is 32.3 Å². The van der Waals surface area contributed by atoms with Gasteiger partial charge in [0.05, 0.1) is 32.5 Å². The molecule has 0 saturated carbocycles. The van der Waals surface area contributed by atoms with E-state index >= 15 is 0 Å². The van der Waals surface area contributed by atoms with Crippen LogP contribution in [0.3, 0.4) is 0 Å². The van der Waals surface area contributed by atoms with Crippen LogP contribution in [0.2, 0.25) is 0 Å².